The maximum atomic E-state index is 13.4. The van der Waals surface area contributed by atoms with Crippen LogP contribution in [-0.4, -0.2) is 38.3 Å². The van der Waals surface area contributed by atoms with Crippen molar-refractivity contribution in [1.82, 2.24) is 4.31 Å². The van der Waals surface area contributed by atoms with Crippen LogP contribution in [0.15, 0.2) is 53.4 Å². The molecule has 0 saturated carbocycles. The van der Waals surface area contributed by atoms with Crippen molar-refractivity contribution in [3.05, 3.63) is 60.2 Å². The number of carbonyl (C=O) groups excluding carboxylic acids is 1. The first-order valence-electron chi connectivity index (χ1n) is 8.61. The van der Waals surface area contributed by atoms with Crippen LogP contribution in [0.1, 0.15) is 12.8 Å². The van der Waals surface area contributed by atoms with Gasteiger partial charge in [0.1, 0.15) is 11.6 Å². The number of halogens is 2. The predicted molar refractivity (Wildman–Crippen MR) is 95.6 cm³/mol. The summed E-state index contributed by atoms with van der Waals surface area (Å²) in [6.45, 7) is 0.866. The quantitative estimate of drug-likeness (QED) is 0.807. The van der Waals surface area contributed by atoms with E-state index in [1.165, 1.54) is 34.6 Å². The predicted octanol–water partition coefficient (Wildman–Crippen LogP) is 2.78. The summed E-state index contributed by atoms with van der Waals surface area (Å²) in [5, 5.41) is 0. The number of rotatable bonds is 3. The third-order valence-electron chi connectivity index (χ3n) is 5.30. The van der Waals surface area contributed by atoms with Crippen molar-refractivity contribution in [1.29, 1.82) is 0 Å². The van der Waals surface area contributed by atoms with E-state index < -0.39 is 21.3 Å². The first-order valence-corrected chi connectivity index (χ1v) is 10.0. The van der Waals surface area contributed by atoms with Crippen LogP contribution in [0.3, 0.4) is 0 Å². The van der Waals surface area contributed by atoms with Gasteiger partial charge < -0.3 is 4.90 Å². The summed E-state index contributed by atoms with van der Waals surface area (Å²) >= 11 is 0. The molecule has 2 aromatic rings. The van der Waals surface area contributed by atoms with E-state index in [0.29, 0.717) is 18.7 Å². The van der Waals surface area contributed by atoms with Gasteiger partial charge in [0, 0.05) is 37.2 Å². The number of sulfonamides is 1. The number of nitrogens with zero attached hydrogens (tertiary/aromatic N) is 2. The maximum absolute atomic E-state index is 13.4. The number of carbonyl (C=O) groups is 1. The molecule has 142 valence electrons. The van der Waals surface area contributed by atoms with Gasteiger partial charge in [0.15, 0.2) is 0 Å². The molecule has 0 bridgehead atoms. The molecule has 8 heteroatoms. The lowest BCUT2D eigenvalue weighted by Crippen LogP contribution is -2.34. The van der Waals surface area contributed by atoms with Crippen molar-refractivity contribution in [2.24, 2.45) is 5.41 Å². The summed E-state index contributed by atoms with van der Waals surface area (Å²) in [4.78, 5) is 14.0. The summed E-state index contributed by atoms with van der Waals surface area (Å²) in [5.41, 5.74) is 0.121. The molecule has 0 N–H and O–H groups in total. The number of anilines is 1. The van der Waals surface area contributed by atoms with Gasteiger partial charge in [0.25, 0.3) is 0 Å². The lowest BCUT2D eigenvalue weighted by atomic mass is 9.86. The van der Waals surface area contributed by atoms with Gasteiger partial charge in [-0.05, 0) is 48.9 Å². The zero-order valence-corrected chi connectivity index (χ0v) is 15.3. The highest BCUT2D eigenvalue weighted by Gasteiger charge is 2.50. The van der Waals surface area contributed by atoms with Gasteiger partial charge >= 0.3 is 0 Å². The molecule has 1 atom stereocenters. The summed E-state index contributed by atoms with van der Waals surface area (Å²) in [7, 11) is -3.82. The van der Waals surface area contributed by atoms with E-state index in [4.69, 9.17) is 0 Å². The first-order chi connectivity index (χ1) is 12.8. The summed E-state index contributed by atoms with van der Waals surface area (Å²) in [6.07, 6.45) is 0.782. The molecule has 0 unspecified atom stereocenters. The molecule has 2 heterocycles. The highest BCUT2D eigenvalue weighted by atomic mass is 32.2. The Morgan fingerprint density at radius 1 is 0.963 bits per heavy atom. The van der Waals surface area contributed by atoms with Gasteiger partial charge in [0.2, 0.25) is 15.9 Å². The minimum atomic E-state index is -3.82. The second-order valence-corrected chi connectivity index (χ2v) is 9.12. The SMILES string of the molecule is O=C1C[C@@]2(CCN(S(=O)(=O)c3cccc(F)c3)C2)CN1c1ccc(F)cc1. The highest BCUT2D eigenvalue weighted by Crippen LogP contribution is 2.43. The second kappa shape index (κ2) is 6.38. The lowest BCUT2D eigenvalue weighted by molar-refractivity contribution is -0.117. The topological polar surface area (TPSA) is 57.7 Å². The van der Waals surface area contributed by atoms with Crippen molar-refractivity contribution in [2.75, 3.05) is 24.5 Å². The van der Waals surface area contributed by atoms with Crippen molar-refractivity contribution >= 4 is 21.6 Å². The van der Waals surface area contributed by atoms with Gasteiger partial charge in [-0.25, -0.2) is 17.2 Å². The zero-order chi connectivity index (χ0) is 19.2. The number of hydrogen-bond donors (Lipinski definition) is 0. The Balaban J connectivity index is 1.55. The molecule has 2 fully saturated rings. The van der Waals surface area contributed by atoms with Crippen molar-refractivity contribution in [3.63, 3.8) is 0 Å². The molecule has 0 aromatic heterocycles. The van der Waals surface area contributed by atoms with Crippen LogP contribution in [0.4, 0.5) is 14.5 Å². The monoisotopic (exact) mass is 392 g/mol. The average Bonchev–Trinajstić information content (AvgIpc) is 3.19. The smallest absolute Gasteiger partial charge is 0.243 e. The van der Waals surface area contributed by atoms with Crippen LogP contribution in [0.25, 0.3) is 0 Å². The Kier molecular flexibility index (Phi) is 4.27. The molecule has 2 aliphatic rings. The van der Waals surface area contributed by atoms with E-state index in [0.717, 1.165) is 6.07 Å². The molecule has 0 aliphatic carbocycles. The third-order valence-corrected chi connectivity index (χ3v) is 7.14. The van der Waals surface area contributed by atoms with E-state index in [1.54, 1.807) is 17.0 Å². The minimum absolute atomic E-state index is 0.0840. The Morgan fingerprint density at radius 2 is 1.70 bits per heavy atom. The largest absolute Gasteiger partial charge is 0.312 e. The van der Waals surface area contributed by atoms with Crippen LogP contribution >= 0.6 is 0 Å². The van der Waals surface area contributed by atoms with E-state index in [-0.39, 0.29) is 36.1 Å². The molecule has 2 aromatic carbocycles. The maximum Gasteiger partial charge on any atom is 0.243 e. The average molecular weight is 392 g/mol. The van der Waals surface area contributed by atoms with Gasteiger partial charge in [-0.15, -0.1) is 0 Å². The molecule has 4 rings (SSSR count). The summed E-state index contributed by atoms with van der Waals surface area (Å²) in [6, 6.07) is 10.6. The lowest BCUT2D eigenvalue weighted by Gasteiger charge is -2.24. The van der Waals surface area contributed by atoms with Gasteiger partial charge in [-0.3, -0.25) is 4.79 Å². The third kappa shape index (κ3) is 3.23. The fraction of sp³-hybridized carbons (Fsp3) is 0.316. The zero-order valence-electron chi connectivity index (χ0n) is 14.4. The molecule has 1 amide bonds. The van der Waals surface area contributed by atoms with E-state index in [9.17, 15) is 22.0 Å². The fourth-order valence-corrected chi connectivity index (χ4v) is 5.49. The van der Waals surface area contributed by atoms with Crippen molar-refractivity contribution in [3.8, 4) is 0 Å². The van der Waals surface area contributed by atoms with Gasteiger partial charge in [0.05, 0.1) is 4.90 Å². The van der Waals surface area contributed by atoms with Crippen molar-refractivity contribution < 1.29 is 22.0 Å². The Bertz CT molecular complexity index is 994. The minimum Gasteiger partial charge on any atom is -0.312 e. The molecule has 5 nitrogen and oxygen atoms in total. The molecular formula is C19H18F2N2O3S. The second-order valence-electron chi connectivity index (χ2n) is 7.18. The first kappa shape index (κ1) is 18.1. The summed E-state index contributed by atoms with van der Waals surface area (Å²) < 4.78 is 53.5. The van der Waals surface area contributed by atoms with E-state index in [1.807, 2.05) is 0 Å². The standard InChI is InChI=1S/C19H18F2N2O3S/c20-14-4-6-16(7-5-14)23-13-19(11-18(23)24)8-9-22(12-19)27(25,26)17-3-1-2-15(21)10-17/h1-7,10H,8-9,11-13H2/t19-/m1/s1. The van der Waals surface area contributed by atoms with Crippen LogP contribution in [0.2, 0.25) is 0 Å². The highest BCUT2D eigenvalue weighted by molar-refractivity contribution is 7.89. The van der Waals surface area contributed by atoms with Crippen molar-refractivity contribution in [2.45, 2.75) is 17.7 Å². The van der Waals surface area contributed by atoms with Gasteiger partial charge in [-0.1, -0.05) is 6.07 Å². The Morgan fingerprint density at radius 3 is 2.41 bits per heavy atom. The summed E-state index contributed by atoms with van der Waals surface area (Å²) in [5.74, 6) is -1.09. The van der Waals surface area contributed by atoms with Crippen LogP contribution < -0.4 is 4.90 Å². The molecular weight excluding hydrogens is 374 g/mol. The Hall–Kier alpha value is -2.32. The number of amides is 1. The molecule has 2 saturated heterocycles. The molecule has 1 spiro atoms. The number of hydrogen-bond acceptors (Lipinski definition) is 3. The fourth-order valence-electron chi connectivity index (χ4n) is 3.90. The van der Waals surface area contributed by atoms with Crippen LogP contribution in [-0.2, 0) is 14.8 Å². The van der Waals surface area contributed by atoms with Gasteiger partial charge in [-0.2, -0.15) is 4.31 Å². The van der Waals surface area contributed by atoms with Crippen LogP contribution in [0, 0.1) is 17.0 Å². The van der Waals surface area contributed by atoms with E-state index >= 15 is 0 Å². The molecule has 27 heavy (non-hydrogen) atoms. The Labute approximate surface area is 156 Å². The van der Waals surface area contributed by atoms with Crippen LogP contribution in [0.5, 0.6) is 0 Å². The number of benzene rings is 2. The molecule has 2 aliphatic heterocycles. The van der Waals surface area contributed by atoms with E-state index in [2.05, 4.69) is 0 Å². The normalized spacial score (nSPS) is 23.5. The molecule has 0 radical (unpaired) electrons.